The van der Waals surface area contributed by atoms with Crippen molar-refractivity contribution in [3.63, 3.8) is 0 Å². The summed E-state index contributed by atoms with van der Waals surface area (Å²) in [6.45, 7) is 0. The first-order valence-electron chi connectivity index (χ1n) is 4.67. The second-order valence-corrected chi connectivity index (χ2v) is 4.50. The predicted molar refractivity (Wildman–Crippen MR) is 59.2 cm³/mol. The van der Waals surface area contributed by atoms with Crippen LogP contribution in [0.15, 0.2) is 5.38 Å². The van der Waals surface area contributed by atoms with Gasteiger partial charge in [0.25, 0.3) is 0 Å². The molecule has 0 aromatic carbocycles. The van der Waals surface area contributed by atoms with E-state index in [-0.39, 0.29) is 5.84 Å². The largest absolute Gasteiger partial charge is 0.387 e. The molecule has 0 saturated heterocycles. The van der Waals surface area contributed by atoms with Gasteiger partial charge in [-0.15, -0.1) is 11.3 Å². The van der Waals surface area contributed by atoms with Crippen LogP contribution >= 0.6 is 11.3 Å². The first-order chi connectivity index (χ1) is 6.66. The second-order valence-electron chi connectivity index (χ2n) is 3.67. The number of anilines is 1. The molecule has 0 aliphatic heterocycles. The number of thiazole rings is 1. The SMILES string of the molecule is CN(c1nc(CC(=N)N)cs1)C1CC1. The number of amidine groups is 1. The molecule has 1 aliphatic rings. The Morgan fingerprint density at radius 1 is 1.79 bits per heavy atom. The van der Waals surface area contributed by atoms with Crippen LogP contribution in [0.3, 0.4) is 0 Å². The van der Waals surface area contributed by atoms with E-state index in [2.05, 4.69) is 16.9 Å². The van der Waals surface area contributed by atoms with Gasteiger partial charge in [0.2, 0.25) is 0 Å². The topological polar surface area (TPSA) is 66.0 Å². The lowest BCUT2D eigenvalue weighted by atomic mass is 10.3. The van der Waals surface area contributed by atoms with E-state index >= 15 is 0 Å². The molecule has 1 aromatic rings. The summed E-state index contributed by atoms with van der Waals surface area (Å²) in [6, 6.07) is 0.686. The second kappa shape index (κ2) is 3.57. The maximum Gasteiger partial charge on any atom is 0.185 e. The van der Waals surface area contributed by atoms with Gasteiger partial charge in [-0.2, -0.15) is 0 Å². The molecular formula is C9H14N4S. The third kappa shape index (κ3) is 2.04. The molecule has 14 heavy (non-hydrogen) atoms. The highest BCUT2D eigenvalue weighted by Gasteiger charge is 2.27. The van der Waals surface area contributed by atoms with Crippen LogP contribution in [0.4, 0.5) is 5.13 Å². The zero-order chi connectivity index (χ0) is 10.1. The summed E-state index contributed by atoms with van der Waals surface area (Å²) in [5.74, 6) is 0.177. The highest BCUT2D eigenvalue weighted by Crippen LogP contribution is 2.31. The smallest absolute Gasteiger partial charge is 0.185 e. The van der Waals surface area contributed by atoms with Crippen molar-refractivity contribution < 1.29 is 0 Å². The average molecular weight is 210 g/mol. The van der Waals surface area contributed by atoms with Crippen molar-refractivity contribution in [2.45, 2.75) is 25.3 Å². The van der Waals surface area contributed by atoms with Crippen LogP contribution in [-0.4, -0.2) is 23.9 Å². The summed E-state index contributed by atoms with van der Waals surface area (Å²) in [6.07, 6.45) is 3.02. The molecule has 5 heteroatoms. The van der Waals surface area contributed by atoms with Crippen LogP contribution in [0.25, 0.3) is 0 Å². The highest BCUT2D eigenvalue weighted by atomic mass is 32.1. The van der Waals surface area contributed by atoms with Gasteiger partial charge < -0.3 is 10.6 Å². The van der Waals surface area contributed by atoms with Crippen LogP contribution in [0.2, 0.25) is 0 Å². The molecule has 0 atom stereocenters. The number of hydrogen-bond donors (Lipinski definition) is 2. The quantitative estimate of drug-likeness (QED) is 0.580. The summed E-state index contributed by atoms with van der Waals surface area (Å²) in [4.78, 5) is 6.65. The maximum atomic E-state index is 7.17. The summed E-state index contributed by atoms with van der Waals surface area (Å²) in [5.41, 5.74) is 6.22. The molecular weight excluding hydrogens is 196 g/mol. The normalized spacial score (nSPS) is 15.5. The number of hydrogen-bond acceptors (Lipinski definition) is 4. The molecule has 1 fully saturated rings. The Morgan fingerprint density at radius 3 is 3.07 bits per heavy atom. The van der Waals surface area contributed by atoms with Crippen LogP contribution in [0.5, 0.6) is 0 Å². The number of nitrogens with two attached hydrogens (primary N) is 1. The van der Waals surface area contributed by atoms with Gasteiger partial charge in [0.15, 0.2) is 5.13 Å². The molecule has 76 valence electrons. The Hall–Kier alpha value is -1.10. The highest BCUT2D eigenvalue weighted by molar-refractivity contribution is 7.13. The van der Waals surface area contributed by atoms with Crippen LogP contribution in [0.1, 0.15) is 18.5 Å². The number of rotatable bonds is 4. The molecule has 0 radical (unpaired) electrons. The van der Waals surface area contributed by atoms with E-state index in [1.165, 1.54) is 12.8 Å². The Kier molecular flexibility index (Phi) is 2.41. The zero-order valence-electron chi connectivity index (χ0n) is 8.16. The molecule has 1 heterocycles. The average Bonchev–Trinajstić information content (AvgIpc) is 2.86. The van der Waals surface area contributed by atoms with Crippen LogP contribution in [-0.2, 0) is 6.42 Å². The van der Waals surface area contributed by atoms with Crippen molar-refractivity contribution in [3.05, 3.63) is 11.1 Å². The molecule has 1 saturated carbocycles. The third-order valence-electron chi connectivity index (χ3n) is 2.31. The van der Waals surface area contributed by atoms with E-state index in [1.54, 1.807) is 11.3 Å². The van der Waals surface area contributed by atoms with Crippen LogP contribution in [0, 0.1) is 5.41 Å². The minimum Gasteiger partial charge on any atom is -0.387 e. The van der Waals surface area contributed by atoms with E-state index in [0.29, 0.717) is 12.5 Å². The monoisotopic (exact) mass is 210 g/mol. The Labute approximate surface area is 87.3 Å². The lowest BCUT2D eigenvalue weighted by Crippen LogP contribution is -2.19. The Balaban J connectivity index is 2.04. The van der Waals surface area contributed by atoms with Crippen molar-refractivity contribution in [1.82, 2.24) is 4.98 Å². The lowest BCUT2D eigenvalue weighted by Gasteiger charge is -2.13. The van der Waals surface area contributed by atoms with Gasteiger partial charge in [0.05, 0.1) is 11.5 Å². The molecule has 1 aliphatic carbocycles. The van der Waals surface area contributed by atoms with Crippen molar-refractivity contribution in [2.75, 3.05) is 11.9 Å². The van der Waals surface area contributed by atoms with Crippen molar-refractivity contribution in [3.8, 4) is 0 Å². The summed E-state index contributed by atoms with van der Waals surface area (Å²) >= 11 is 1.63. The summed E-state index contributed by atoms with van der Waals surface area (Å²) < 4.78 is 0. The van der Waals surface area contributed by atoms with E-state index in [1.807, 2.05) is 5.38 Å². The van der Waals surface area contributed by atoms with E-state index in [9.17, 15) is 0 Å². The molecule has 0 bridgehead atoms. The summed E-state index contributed by atoms with van der Waals surface area (Å²) in [7, 11) is 2.08. The Bertz CT molecular complexity index is 342. The van der Waals surface area contributed by atoms with E-state index in [0.717, 1.165) is 10.8 Å². The molecule has 3 N–H and O–H groups in total. The van der Waals surface area contributed by atoms with E-state index < -0.39 is 0 Å². The molecule has 4 nitrogen and oxygen atoms in total. The fourth-order valence-electron chi connectivity index (χ4n) is 1.35. The molecule has 1 aromatic heterocycles. The van der Waals surface area contributed by atoms with Gasteiger partial charge in [-0.3, -0.25) is 5.41 Å². The van der Waals surface area contributed by atoms with Gasteiger partial charge in [0, 0.05) is 24.9 Å². The third-order valence-corrected chi connectivity index (χ3v) is 3.29. The van der Waals surface area contributed by atoms with Crippen molar-refractivity contribution >= 4 is 22.3 Å². The van der Waals surface area contributed by atoms with Gasteiger partial charge in [-0.05, 0) is 12.8 Å². The minimum atomic E-state index is 0.177. The first kappa shape index (κ1) is 9.45. The Morgan fingerprint density at radius 2 is 2.50 bits per heavy atom. The number of aromatic nitrogens is 1. The molecule has 0 spiro atoms. The number of nitrogens with zero attached hydrogens (tertiary/aromatic N) is 2. The summed E-state index contributed by atoms with van der Waals surface area (Å²) in [5, 5.41) is 10.2. The van der Waals surface area contributed by atoms with Gasteiger partial charge in [-0.1, -0.05) is 0 Å². The number of nitrogens with one attached hydrogen (secondary N) is 1. The van der Waals surface area contributed by atoms with Gasteiger partial charge in [-0.25, -0.2) is 4.98 Å². The van der Waals surface area contributed by atoms with Crippen LogP contribution < -0.4 is 10.6 Å². The van der Waals surface area contributed by atoms with Crippen molar-refractivity contribution in [2.24, 2.45) is 5.73 Å². The van der Waals surface area contributed by atoms with E-state index in [4.69, 9.17) is 11.1 Å². The van der Waals surface area contributed by atoms with Gasteiger partial charge >= 0.3 is 0 Å². The predicted octanol–water partition coefficient (Wildman–Crippen LogP) is 1.22. The minimum absolute atomic E-state index is 0.177. The van der Waals surface area contributed by atoms with Crippen molar-refractivity contribution in [1.29, 1.82) is 5.41 Å². The fourth-order valence-corrected chi connectivity index (χ4v) is 2.22. The zero-order valence-corrected chi connectivity index (χ0v) is 8.97. The maximum absolute atomic E-state index is 7.17. The lowest BCUT2D eigenvalue weighted by molar-refractivity contribution is 0.903. The molecule has 0 unspecified atom stereocenters. The standard InChI is InChI=1S/C9H14N4S/c1-13(7-2-3-7)9-12-6(5-14-9)4-8(10)11/h5,7H,2-4H2,1H3,(H3,10,11). The fraction of sp³-hybridized carbons (Fsp3) is 0.556. The van der Waals surface area contributed by atoms with Gasteiger partial charge in [0.1, 0.15) is 0 Å². The first-order valence-corrected chi connectivity index (χ1v) is 5.55. The molecule has 2 rings (SSSR count). The molecule has 0 amide bonds.